The van der Waals surface area contributed by atoms with Crippen LogP contribution in [0.3, 0.4) is 0 Å². The molecule has 0 spiro atoms. The largest absolute Gasteiger partial charge is 0.394 e. The number of hydrogen-bond acceptors (Lipinski definition) is 3. The summed E-state index contributed by atoms with van der Waals surface area (Å²) in [7, 11) is 0. The van der Waals surface area contributed by atoms with E-state index in [0.29, 0.717) is 0 Å². The van der Waals surface area contributed by atoms with E-state index in [1.807, 2.05) is 6.08 Å². The van der Waals surface area contributed by atoms with Crippen LogP contribution in [-0.4, -0.2) is 40.8 Å². The van der Waals surface area contributed by atoms with Crippen LogP contribution in [0.5, 0.6) is 0 Å². The molecule has 2 atom stereocenters. The number of rotatable bonds is 18. The van der Waals surface area contributed by atoms with E-state index in [9.17, 15) is 15.0 Å². The van der Waals surface area contributed by atoms with E-state index in [1.54, 1.807) is 19.9 Å². The Morgan fingerprint density at radius 2 is 1.50 bits per heavy atom. The van der Waals surface area contributed by atoms with E-state index in [-0.39, 0.29) is 18.4 Å². The number of unbranched alkanes of at least 4 members (excludes halogenated alkanes) is 11. The van der Waals surface area contributed by atoms with Crippen LogP contribution in [0.4, 0.5) is 0 Å². The molecule has 3 N–H and O–H groups in total. The van der Waals surface area contributed by atoms with Gasteiger partial charge < -0.3 is 15.5 Å². The highest BCUT2D eigenvalue weighted by Gasteiger charge is 2.29. The number of allylic oxidation sites excluding steroid dienone is 1. The third-order valence-electron chi connectivity index (χ3n) is 5.18. The zero-order valence-corrected chi connectivity index (χ0v) is 19.1. The third kappa shape index (κ3) is 13.6. The van der Waals surface area contributed by atoms with Gasteiger partial charge in [-0.3, -0.25) is 4.79 Å². The van der Waals surface area contributed by atoms with Crippen LogP contribution in [0.1, 0.15) is 97.8 Å². The molecule has 0 heterocycles. The Labute approximate surface area is 178 Å². The Kier molecular flexibility index (Phi) is 16.9. The number of aliphatic hydroxyl groups excluding tert-OH is 2. The maximum atomic E-state index is 12.1. The summed E-state index contributed by atoms with van der Waals surface area (Å²) in [5, 5.41) is 22.3. The lowest BCUT2D eigenvalue weighted by molar-refractivity contribution is -0.130. The molecule has 28 heavy (non-hydrogen) atoms. The normalized spacial score (nSPS) is 14.4. The molecule has 166 valence electrons. The van der Waals surface area contributed by atoms with Crippen LogP contribution in [0.25, 0.3) is 0 Å². The highest BCUT2D eigenvalue weighted by Crippen LogP contribution is 2.17. The molecule has 1 amide bonds. The highest BCUT2D eigenvalue weighted by molar-refractivity contribution is 6.19. The molecule has 4 nitrogen and oxygen atoms in total. The van der Waals surface area contributed by atoms with Gasteiger partial charge in [0.25, 0.3) is 0 Å². The van der Waals surface area contributed by atoms with Crippen LogP contribution < -0.4 is 5.32 Å². The van der Waals surface area contributed by atoms with Gasteiger partial charge in [-0.15, -0.1) is 11.6 Å². The average Bonchev–Trinajstić information content (AvgIpc) is 2.69. The van der Waals surface area contributed by atoms with Gasteiger partial charge >= 0.3 is 0 Å². The number of carbonyl (C=O) groups excluding carboxylic acids is 1. The fourth-order valence-electron chi connectivity index (χ4n) is 2.96. The molecule has 0 bridgehead atoms. The zero-order chi connectivity index (χ0) is 21.3. The van der Waals surface area contributed by atoms with Gasteiger partial charge in [-0.25, -0.2) is 0 Å². The lowest BCUT2D eigenvalue weighted by Gasteiger charge is -2.26. The SMILES string of the molecule is CCCCCCCCCCCCC/C=C/[C@@H](O)[C@H](CO)NC(=O)C(C)(C)CCl. The Balaban J connectivity index is 3.80. The average molecular weight is 418 g/mol. The number of halogens is 1. The summed E-state index contributed by atoms with van der Waals surface area (Å²) < 4.78 is 0. The van der Waals surface area contributed by atoms with Crippen molar-refractivity contribution < 1.29 is 15.0 Å². The second-order valence-electron chi connectivity index (χ2n) is 8.52. The number of aliphatic hydroxyl groups is 2. The van der Waals surface area contributed by atoms with Crippen LogP contribution >= 0.6 is 11.6 Å². The lowest BCUT2D eigenvalue weighted by atomic mass is 9.94. The zero-order valence-electron chi connectivity index (χ0n) is 18.4. The van der Waals surface area contributed by atoms with Crippen molar-refractivity contribution in [1.29, 1.82) is 0 Å². The number of nitrogens with one attached hydrogen (secondary N) is 1. The number of hydrogen-bond donors (Lipinski definition) is 3. The van der Waals surface area contributed by atoms with E-state index in [1.165, 1.54) is 64.2 Å². The molecule has 0 aliphatic heterocycles. The molecule has 0 aliphatic rings. The molecule has 5 heteroatoms. The molecular weight excluding hydrogens is 374 g/mol. The monoisotopic (exact) mass is 417 g/mol. The Morgan fingerprint density at radius 1 is 1.00 bits per heavy atom. The molecule has 0 aliphatic carbocycles. The summed E-state index contributed by atoms with van der Waals surface area (Å²) in [6.07, 6.45) is 18.1. The van der Waals surface area contributed by atoms with Crippen LogP contribution in [-0.2, 0) is 4.79 Å². The fourth-order valence-corrected chi connectivity index (χ4v) is 3.08. The van der Waals surface area contributed by atoms with Gasteiger partial charge in [-0.05, 0) is 26.7 Å². The first-order valence-electron chi connectivity index (χ1n) is 11.2. The summed E-state index contributed by atoms with van der Waals surface area (Å²) in [5.74, 6) is -0.0822. The molecule has 0 fully saturated rings. The Bertz CT molecular complexity index is 413. The summed E-state index contributed by atoms with van der Waals surface area (Å²) in [6, 6.07) is -0.705. The maximum Gasteiger partial charge on any atom is 0.227 e. The molecule has 0 radical (unpaired) electrons. The predicted molar refractivity (Wildman–Crippen MR) is 120 cm³/mol. The van der Waals surface area contributed by atoms with E-state index >= 15 is 0 Å². The first-order valence-corrected chi connectivity index (χ1v) is 11.7. The van der Waals surface area contributed by atoms with E-state index in [0.717, 1.165) is 12.8 Å². The topological polar surface area (TPSA) is 69.6 Å². The van der Waals surface area contributed by atoms with Gasteiger partial charge in [-0.2, -0.15) is 0 Å². The lowest BCUT2D eigenvalue weighted by Crippen LogP contribution is -2.50. The minimum atomic E-state index is -0.896. The second kappa shape index (κ2) is 17.3. The minimum absolute atomic E-state index is 0.182. The number of amides is 1. The standard InChI is InChI=1S/C23H44ClNO3/c1-4-5-6-7-8-9-10-11-12-13-14-15-16-17-21(27)20(18-26)25-22(28)23(2,3)19-24/h16-17,20-21,26-27H,4-15,18-19H2,1-3H3,(H,25,28)/b17-16+/t20-,21+/m0/s1. The van der Waals surface area contributed by atoms with Gasteiger partial charge in [0.1, 0.15) is 0 Å². The van der Waals surface area contributed by atoms with Crippen LogP contribution in [0, 0.1) is 5.41 Å². The molecule has 0 rings (SSSR count). The minimum Gasteiger partial charge on any atom is -0.394 e. The van der Waals surface area contributed by atoms with Gasteiger partial charge in [0.2, 0.25) is 5.91 Å². The third-order valence-corrected chi connectivity index (χ3v) is 5.85. The van der Waals surface area contributed by atoms with Crippen molar-refractivity contribution in [2.45, 2.75) is 110 Å². The van der Waals surface area contributed by atoms with Gasteiger partial charge in [0.05, 0.1) is 24.2 Å². The van der Waals surface area contributed by atoms with Crippen molar-refractivity contribution >= 4 is 17.5 Å². The summed E-state index contributed by atoms with van der Waals surface area (Å²) in [5.41, 5.74) is -0.728. The van der Waals surface area contributed by atoms with Gasteiger partial charge in [-0.1, -0.05) is 83.3 Å². The molecular formula is C23H44ClNO3. The number of alkyl halides is 1. The van der Waals surface area contributed by atoms with Crippen molar-refractivity contribution in [3.8, 4) is 0 Å². The summed E-state index contributed by atoms with van der Waals surface area (Å²) >= 11 is 5.79. The van der Waals surface area contributed by atoms with Crippen molar-refractivity contribution in [3.63, 3.8) is 0 Å². The van der Waals surface area contributed by atoms with Crippen molar-refractivity contribution in [2.24, 2.45) is 5.41 Å². The van der Waals surface area contributed by atoms with Gasteiger partial charge in [0, 0.05) is 5.88 Å². The van der Waals surface area contributed by atoms with Crippen LogP contribution in [0.2, 0.25) is 0 Å². The molecule has 0 aromatic carbocycles. The predicted octanol–water partition coefficient (Wildman–Crippen LogP) is 5.35. The first kappa shape index (κ1) is 27.4. The number of carbonyl (C=O) groups is 1. The molecule has 0 aromatic rings. The van der Waals surface area contributed by atoms with Crippen molar-refractivity contribution in [3.05, 3.63) is 12.2 Å². The molecule has 0 unspecified atom stereocenters. The quantitative estimate of drug-likeness (QED) is 0.160. The highest BCUT2D eigenvalue weighted by atomic mass is 35.5. The van der Waals surface area contributed by atoms with Gasteiger partial charge in [0.15, 0.2) is 0 Å². The van der Waals surface area contributed by atoms with Crippen LogP contribution in [0.15, 0.2) is 12.2 Å². The molecule has 0 saturated heterocycles. The van der Waals surface area contributed by atoms with E-state index < -0.39 is 17.6 Å². The fraction of sp³-hybridized carbons (Fsp3) is 0.870. The summed E-state index contributed by atoms with van der Waals surface area (Å²) in [4.78, 5) is 12.1. The Hall–Kier alpha value is -0.580. The van der Waals surface area contributed by atoms with Crippen molar-refractivity contribution in [1.82, 2.24) is 5.32 Å². The smallest absolute Gasteiger partial charge is 0.227 e. The first-order chi connectivity index (χ1) is 13.4. The molecule has 0 aromatic heterocycles. The maximum absolute atomic E-state index is 12.1. The second-order valence-corrected chi connectivity index (χ2v) is 8.79. The van der Waals surface area contributed by atoms with Crippen molar-refractivity contribution in [2.75, 3.05) is 12.5 Å². The Morgan fingerprint density at radius 3 is 1.96 bits per heavy atom. The van der Waals surface area contributed by atoms with E-state index in [4.69, 9.17) is 11.6 Å². The summed E-state index contributed by atoms with van der Waals surface area (Å²) in [6.45, 7) is 5.41. The molecule has 0 saturated carbocycles. The van der Waals surface area contributed by atoms with E-state index in [2.05, 4.69) is 12.2 Å².